The van der Waals surface area contributed by atoms with Crippen molar-refractivity contribution in [2.24, 2.45) is 0 Å². The van der Waals surface area contributed by atoms with E-state index in [4.69, 9.17) is 0 Å². The zero-order valence-electron chi connectivity index (χ0n) is 5.93. The molecular weight excluding hydrogens is 131 g/mol. The first-order chi connectivity index (χ1) is 4.33. The molecule has 0 spiro atoms. The molecule has 54 valence electrons. The second kappa shape index (κ2) is 3.50. The number of piperidine rings is 1. The average Bonchev–Trinajstić information content (AvgIpc) is 1.90. The van der Waals surface area contributed by atoms with Gasteiger partial charge in [-0.1, -0.05) is 9.39 Å². The van der Waals surface area contributed by atoms with Gasteiger partial charge in [0.05, 0.1) is 0 Å². The van der Waals surface area contributed by atoms with E-state index in [1.54, 1.807) is 0 Å². The first kappa shape index (κ1) is 7.46. The summed E-state index contributed by atoms with van der Waals surface area (Å²) in [5, 5.41) is 3.29. The lowest BCUT2D eigenvalue weighted by molar-refractivity contribution is 0.318. The molecule has 1 rings (SSSR count). The lowest BCUT2D eigenvalue weighted by atomic mass is 10.1. The number of nitrogens with one attached hydrogen (secondary N) is 1. The zero-order valence-corrected chi connectivity index (χ0v) is 7.09. The third-order valence-electron chi connectivity index (χ3n) is 1.94. The predicted octanol–water partition coefficient (Wildman–Crippen LogP) is 0.460. The molecule has 2 nitrogen and oxygen atoms in total. The maximum absolute atomic E-state index is 3.29. The molecule has 0 saturated carbocycles. The van der Waals surface area contributed by atoms with Crippen molar-refractivity contribution in [3.05, 3.63) is 0 Å². The van der Waals surface area contributed by atoms with Crippen molar-refractivity contribution >= 4 is 9.39 Å². The summed E-state index contributed by atoms with van der Waals surface area (Å²) in [4.78, 5) is 0. The Balaban J connectivity index is 2.18. The second-order valence-electron chi connectivity index (χ2n) is 2.60. The number of nitrogens with zero attached hydrogens (tertiary/aromatic N) is 1. The van der Waals surface area contributed by atoms with E-state index in [-0.39, 0.29) is 0 Å². The molecular formula is C6H15N2P. The monoisotopic (exact) mass is 146 g/mol. The molecule has 1 N–H and O–H groups in total. The smallest absolute Gasteiger partial charge is 0.00886 e. The highest BCUT2D eigenvalue weighted by atomic mass is 31.0. The first-order valence-electron chi connectivity index (χ1n) is 3.50. The van der Waals surface area contributed by atoms with Crippen molar-refractivity contribution in [1.29, 1.82) is 0 Å². The van der Waals surface area contributed by atoms with E-state index in [1.807, 2.05) is 7.05 Å². The maximum Gasteiger partial charge on any atom is 0.00886 e. The van der Waals surface area contributed by atoms with Crippen LogP contribution in [-0.4, -0.2) is 30.8 Å². The van der Waals surface area contributed by atoms with Gasteiger partial charge in [0.2, 0.25) is 0 Å². The van der Waals surface area contributed by atoms with E-state index in [9.17, 15) is 0 Å². The molecule has 1 aliphatic heterocycles. The lowest BCUT2D eigenvalue weighted by Crippen LogP contribution is -2.36. The van der Waals surface area contributed by atoms with Crippen LogP contribution in [0.3, 0.4) is 0 Å². The topological polar surface area (TPSA) is 15.3 Å². The molecule has 1 heterocycles. The van der Waals surface area contributed by atoms with E-state index in [0.717, 1.165) is 6.04 Å². The molecule has 1 unspecified atom stereocenters. The molecule has 9 heavy (non-hydrogen) atoms. The van der Waals surface area contributed by atoms with Crippen LogP contribution in [0.4, 0.5) is 0 Å². The van der Waals surface area contributed by atoms with Gasteiger partial charge in [-0.25, -0.2) is 0 Å². The Kier molecular flexibility index (Phi) is 2.90. The van der Waals surface area contributed by atoms with Gasteiger partial charge in [-0.3, -0.25) is 4.67 Å². The van der Waals surface area contributed by atoms with Gasteiger partial charge < -0.3 is 5.32 Å². The lowest BCUT2D eigenvalue weighted by Gasteiger charge is -2.28. The van der Waals surface area contributed by atoms with Crippen molar-refractivity contribution in [2.45, 2.75) is 18.9 Å². The number of rotatable bonds is 1. The summed E-state index contributed by atoms with van der Waals surface area (Å²) >= 11 is 0. The van der Waals surface area contributed by atoms with Crippen LogP contribution in [-0.2, 0) is 0 Å². The van der Waals surface area contributed by atoms with Crippen LogP contribution in [0.1, 0.15) is 12.8 Å². The number of hydrogen-bond donors (Lipinski definition) is 1. The Morgan fingerprint density at radius 1 is 1.44 bits per heavy atom. The van der Waals surface area contributed by atoms with Crippen molar-refractivity contribution in [1.82, 2.24) is 9.99 Å². The summed E-state index contributed by atoms with van der Waals surface area (Å²) in [7, 11) is 4.79. The van der Waals surface area contributed by atoms with Crippen LogP contribution < -0.4 is 5.32 Å². The van der Waals surface area contributed by atoms with Crippen molar-refractivity contribution < 1.29 is 0 Å². The summed E-state index contributed by atoms with van der Waals surface area (Å²) in [5.74, 6) is 0. The van der Waals surface area contributed by atoms with Crippen LogP contribution in [0.2, 0.25) is 0 Å². The number of hydrogen-bond acceptors (Lipinski definition) is 2. The fourth-order valence-electron chi connectivity index (χ4n) is 1.19. The molecule has 0 radical (unpaired) electrons. The molecule has 0 aromatic rings. The average molecular weight is 146 g/mol. The molecule has 1 aliphatic rings. The van der Waals surface area contributed by atoms with Crippen LogP contribution >= 0.6 is 9.39 Å². The summed E-state index contributed by atoms with van der Waals surface area (Å²) in [6.45, 7) is 2.44. The summed E-state index contributed by atoms with van der Waals surface area (Å²) in [6.07, 6.45) is 2.58. The summed E-state index contributed by atoms with van der Waals surface area (Å²) in [5.41, 5.74) is 0. The van der Waals surface area contributed by atoms with Gasteiger partial charge in [-0.2, -0.15) is 0 Å². The Hall–Kier alpha value is 0.350. The molecule has 0 bridgehead atoms. The largest absolute Gasteiger partial charge is 0.317 e. The summed E-state index contributed by atoms with van der Waals surface area (Å²) in [6, 6.07) is 0.766. The minimum atomic E-state index is 0.766. The minimum Gasteiger partial charge on any atom is -0.317 e. The van der Waals surface area contributed by atoms with Crippen LogP contribution in [0, 0.1) is 0 Å². The third-order valence-corrected chi connectivity index (χ3v) is 2.45. The minimum absolute atomic E-state index is 0.766. The fourth-order valence-corrected chi connectivity index (χ4v) is 1.49. The van der Waals surface area contributed by atoms with E-state index in [2.05, 4.69) is 19.4 Å². The van der Waals surface area contributed by atoms with E-state index >= 15 is 0 Å². The zero-order chi connectivity index (χ0) is 6.69. The molecule has 0 aliphatic carbocycles. The Morgan fingerprint density at radius 2 is 2.00 bits per heavy atom. The SMILES string of the molecule is CNC1CCN(P)CC1. The molecule has 0 amide bonds. The normalized spacial score (nSPS) is 24.7. The van der Waals surface area contributed by atoms with Crippen molar-refractivity contribution in [3.63, 3.8) is 0 Å². The van der Waals surface area contributed by atoms with Crippen molar-refractivity contribution in [3.8, 4) is 0 Å². The quantitative estimate of drug-likeness (QED) is 0.541. The van der Waals surface area contributed by atoms with E-state index in [1.165, 1.54) is 25.9 Å². The summed E-state index contributed by atoms with van der Waals surface area (Å²) < 4.78 is 2.30. The Morgan fingerprint density at radius 3 is 2.44 bits per heavy atom. The molecule has 1 fully saturated rings. The van der Waals surface area contributed by atoms with Crippen molar-refractivity contribution in [2.75, 3.05) is 20.1 Å². The van der Waals surface area contributed by atoms with Gasteiger partial charge >= 0.3 is 0 Å². The molecule has 1 atom stereocenters. The van der Waals surface area contributed by atoms with Crippen LogP contribution in [0.25, 0.3) is 0 Å². The van der Waals surface area contributed by atoms with Gasteiger partial charge in [0.25, 0.3) is 0 Å². The van der Waals surface area contributed by atoms with Gasteiger partial charge in [-0.15, -0.1) is 0 Å². The fraction of sp³-hybridized carbons (Fsp3) is 1.00. The second-order valence-corrected chi connectivity index (χ2v) is 3.33. The molecule has 0 aromatic carbocycles. The highest BCUT2D eigenvalue weighted by Gasteiger charge is 2.13. The predicted molar refractivity (Wildman–Crippen MR) is 43.4 cm³/mol. The maximum atomic E-state index is 3.29. The highest BCUT2D eigenvalue weighted by Crippen LogP contribution is 2.12. The highest BCUT2D eigenvalue weighted by molar-refractivity contribution is 7.13. The van der Waals surface area contributed by atoms with Gasteiger partial charge in [0, 0.05) is 19.1 Å². The third kappa shape index (κ3) is 2.21. The molecule has 0 aromatic heterocycles. The van der Waals surface area contributed by atoms with E-state index < -0.39 is 0 Å². The van der Waals surface area contributed by atoms with Gasteiger partial charge in [0.15, 0.2) is 0 Å². The van der Waals surface area contributed by atoms with Gasteiger partial charge in [-0.05, 0) is 19.9 Å². The van der Waals surface area contributed by atoms with E-state index in [0.29, 0.717) is 0 Å². The molecule has 1 saturated heterocycles. The van der Waals surface area contributed by atoms with Crippen LogP contribution in [0.15, 0.2) is 0 Å². The standard InChI is InChI=1S/C6H15N2P/c1-7-6-2-4-8(9)5-3-6/h6-7H,2-5,9H2,1H3. The molecule has 3 heteroatoms. The van der Waals surface area contributed by atoms with Crippen LogP contribution in [0.5, 0.6) is 0 Å². The van der Waals surface area contributed by atoms with Gasteiger partial charge in [0.1, 0.15) is 0 Å². The Labute approximate surface area is 59.3 Å². The first-order valence-corrected chi connectivity index (χ1v) is 4.01. The Bertz CT molecular complexity index is 79.1.